The third-order valence-electron chi connectivity index (χ3n) is 6.39. The maximum Gasteiger partial charge on any atom is 0.573 e. The van der Waals surface area contributed by atoms with E-state index in [1.54, 1.807) is 24.3 Å². The number of imide groups is 1. The van der Waals surface area contributed by atoms with Gasteiger partial charge in [-0.1, -0.05) is 30.3 Å². The Morgan fingerprint density at radius 2 is 1.69 bits per heavy atom. The molecule has 1 saturated heterocycles. The topological polar surface area (TPSA) is 121 Å². The number of urea groups is 1. The van der Waals surface area contributed by atoms with Crippen LogP contribution in [0.3, 0.4) is 0 Å². The van der Waals surface area contributed by atoms with Crippen molar-refractivity contribution < 1.29 is 35.9 Å². The minimum Gasteiger partial charge on any atom is -0.406 e. The van der Waals surface area contributed by atoms with Crippen LogP contribution in [0.4, 0.5) is 29.3 Å². The third-order valence-corrected chi connectivity index (χ3v) is 7.40. The van der Waals surface area contributed by atoms with Crippen LogP contribution in [0.25, 0.3) is 0 Å². The zero-order valence-corrected chi connectivity index (χ0v) is 21.0. The van der Waals surface area contributed by atoms with Crippen LogP contribution in [-0.4, -0.2) is 42.1 Å². The first kappa shape index (κ1) is 26.4. The number of carbonyl (C=O) groups is 2. The number of rotatable bonds is 9. The second-order valence-corrected chi connectivity index (χ2v) is 10.5. The number of ether oxygens (including phenoxy) is 1. The molecule has 2 N–H and O–H groups in total. The van der Waals surface area contributed by atoms with E-state index in [-0.39, 0.29) is 24.5 Å². The number of hydrogen-bond acceptors (Lipinski definition) is 6. The van der Waals surface area contributed by atoms with E-state index in [0.717, 1.165) is 22.6 Å². The van der Waals surface area contributed by atoms with Crippen molar-refractivity contribution in [3.63, 3.8) is 0 Å². The molecule has 2 heterocycles. The molecule has 1 aliphatic heterocycles. The van der Waals surface area contributed by atoms with E-state index in [1.807, 2.05) is 6.07 Å². The molecule has 1 spiro atoms. The van der Waals surface area contributed by atoms with Crippen LogP contribution < -0.4 is 19.1 Å². The summed E-state index contributed by atoms with van der Waals surface area (Å²) in [4.78, 5) is 32.9. The second-order valence-electron chi connectivity index (χ2n) is 9.03. The normalized spacial score (nSPS) is 16.6. The molecular formula is C25H22F3N5O5S. The summed E-state index contributed by atoms with van der Waals surface area (Å²) in [6.45, 7) is -0.0504. The van der Waals surface area contributed by atoms with Crippen molar-refractivity contribution in [1.29, 1.82) is 0 Å². The van der Waals surface area contributed by atoms with Crippen molar-refractivity contribution in [2.45, 2.75) is 37.8 Å². The molecule has 5 rings (SSSR count). The summed E-state index contributed by atoms with van der Waals surface area (Å²) in [6, 6.07) is 14.2. The summed E-state index contributed by atoms with van der Waals surface area (Å²) >= 11 is 0. The zero-order chi connectivity index (χ0) is 27.8. The fourth-order valence-electron chi connectivity index (χ4n) is 4.34. The molecule has 2 fully saturated rings. The van der Waals surface area contributed by atoms with Crippen molar-refractivity contribution in [2.24, 2.45) is 0 Å². The Labute approximate surface area is 221 Å². The van der Waals surface area contributed by atoms with Crippen molar-refractivity contribution in [3.8, 4) is 5.75 Å². The van der Waals surface area contributed by atoms with Crippen LogP contribution in [0.15, 0.2) is 73.1 Å². The summed E-state index contributed by atoms with van der Waals surface area (Å²) < 4.78 is 71.6. The average molecular weight is 562 g/mol. The van der Waals surface area contributed by atoms with Gasteiger partial charge in [-0.15, -0.1) is 13.2 Å². The van der Waals surface area contributed by atoms with Gasteiger partial charge in [0.2, 0.25) is 0 Å². The SMILES string of the molecule is O=C1N(c2ccc(OC(F)(F)F)cc2)C(=O)C2(CC2)N1Cc1ccncc1NS(=O)(=O)NCc1ccccc1. The lowest BCUT2D eigenvalue weighted by Gasteiger charge is -2.23. The Hall–Kier alpha value is -4.17. The number of alkyl halides is 3. The molecule has 2 aromatic carbocycles. The average Bonchev–Trinajstić information content (AvgIpc) is 3.66. The molecule has 14 heteroatoms. The van der Waals surface area contributed by atoms with Crippen molar-refractivity contribution in [2.75, 3.05) is 9.62 Å². The summed E-state index contributed by atoms with van der Waals surface area (Å²) in [5.74, 6) is -0.990. The highest BCUT2D eigenvalue weighted by molar-refractivity contribution is 7.90. The maximum absolute atomic E-state index is 13.4. The molecule has 1 aliphatic carbocycles. The number of nitrogens with zero attached hydrogens (tertiary/aromatic N) is 3. The van der Waals surface area contributed by atoms with E-state index in [9.17, 15) is 31.2 Å². The van der Waals surface area contributed by atoms with Crippen molar-refractivity contribution >= 4 is 33.5 Å². The molecule has 3 aromatic rings. The van der Waals surface area contributed by atoms with Crippen LogP contribution in [0, 0.1) is 0 Å². The van der Waals surface area contributed by atoms with Gasteiger partial charge >= 0.3 is 12.4 Å². The van der Waals surface area contributed by atoms with Gasteiger partial charge < -0.3 is 9.64 Å². The summed E-state index contributed by atoms with van der Waals surface area (Å²) in [5.41, 5.74) is 0.265. The molecular weight excluding hydrogens is 539 g/mol. The summed E-state index contributed by atoms with van der Waals surface area (Å²) in [7, 11) is -4.01. The Balaban J connectivity index is 1.33. The Bertz CT molecular complexity index is 1500. The molecule has 1 aromatic heterocycles. The van der Waals surface area contributed by atoms with E-state index in [1.165, 1.54) is 35.5 Å². The number of aromatic nitrogens is 1. The zero-order valence-electron chi connectivity index (χ0n) is 20.2. The molecule has 39 heavy (non-hydrogen) atoms. The van der Waals surface area contributed by atoms with Crippen LogP contribution >= 0.6 is 0 Å². The Morgan fingerprint density at radius 3 is 2.33 bits per heavy atom. The van der Waals surface area contributed by atoms with E-state index in [2.05, 4.69) is 19.2 Å². The fourth-order valence-corrected chi connectivity index (χ4v) is 5.24. The quantitative estimate of drug-likeness (QED) is 0.382. The number of halogens is 3. The van der Waals surface area contributed by atoms with Crippen molar-refractivity contribution in [3.05, 3.63) is 84.2 Å². The predicted octanol–water partition coefficient (Wildman–Crippen LogP) is 3.93. The van der Waals surface area contributed by atoms with Crippen LogP contribution in [0.1, 0.15) is 24.0 Å². The molecule has 3 amide bonds. The molecule has 10 nitrogen and oxygen atoms in total. The third kappa shape index (κ3) is 5.66. The lowest BCUT2D eigenvalue weighted by atomic mass is 10.1. The molecule has 1 saturated carbocycles. The molecule has 2 aliphatic rings. The maximum atomic E-state index is 13.4. The van der Waals surface area contributed by atoms with Gasteiger partial charge in [-0.2, -0.15) is 13.1 Å². The first-order valence-electron chi connectivity index (χ1n) is 11.7. The predicted molar refractivity (Wildman–Crippen MR) is 134 cm³/mol. The van der Waals surface area contributed by atoms with E-state index in [0.29, 0.717) is 18.4 Å². The van der Waals surface area contributed by atoms with Gasteiger partial charge in [-0.25, -0.2) is 9.69 Å². The van der Waals surface area contributed by atoms with Gasteiger partial charge in [0.25, 0.3) is 16.1 Å². The second kappa shape index (κ2) is 9.85. The molecule has 0 radical (unpaired) electrons. The van der Waals surface area contributed by atoms with Gasteiger partial charge in [0.05, 0.1) is 24.1 Å². The Kier molecular flexibility index (Phi) is 6.68. The summed E-state index contributed by atoms with van der Waals surface area (Å²) in [6.07, 6.45) is -1.35. The lowest BCUT2D eigenvalue weighted by molar-refractivity contribution is -0.274. The molecule has 0 bridgehead atoms. The Morgan fingerprint density at radius 1 is 1.00 bits per heavy atom. The first-order chi connectivity index (χ1) is 18.5. The number of nitrogens with one attached hydrogen (secondary N) is 2. The number of anilines is 2. The highest BCUT2D eigenvalue weighted by atomic mass is 32.2. The smallest absolute Gasteiger partial charge is 0.406 e. The van der Waals surface area contributed by atoms with Gasteiger partial charge in [-0.3, -0.25) is 14.5 Å². The van der Waals surface area contributed by atoms with E-state index >= 15 is 0 Å². The number of hydrogen-bond donors (Lipinski definition) is 2. The van der Waals surface area contributed by atoms with E-state index < -0.39 is 39.8 Å². The molecule has 0 unspecified atom stereocenters. The minimum atomic E-state index is -4.88. The lowest BCUT2D eigenvalue weighted by Crippen LogP contribution is -2.37. The number of benzene rings is 2. The standard InChI is InChI=1S/C25H22F3N5O5S/c26-25(27,28)38-20-8-6-19(7-9-20)33-22(34)24(11-12-24)32(23(33)35)16-18-10-13-29-15-21(18)31-39(36,37)30-14-17-4-2-1-3-5-17/h1-10,13,15,30-31H,11-12,14,16H2. The minimum absolute atomic E-state index is 0.0513. The van der Waals surface area contributed by atoms with Crippen LogP contribution in [-0.2, 0) is 28.1 Å². The van der Waals surface area contributed by atoms with Gasteiger partial charge in [0.1, 0.15) is 11.3 Å². The highest BCUT2D eigenvalue weighted by Crippen LogP contribution is 2.50. The largest absolute Gasteiger partial charge is 0.573 e. The van der Waals surface area contributed by atoms with Gasteiger partial charge in [0, 0.05) is 12.7 Å². The number of carbonyl (C=O) groups excluding carboxylic acids is 2. The van der Waals surface area contributed by atoms with Crippen molar-refractivity contribution in [1.82, 2.24) is 14.6 Å². The fraction of sp³-hybridized carbons (Fsp3) is 0.240. The van der Waals surface area contributed by atoms with E-state index in [4.69, 9.17) is 0 Å². The highest BCUT2D eigenvalue weighted by Gasteiger charge is 2.65. The molecule has 0 atom stereocenters. The van der Waals surface area contributed by atoms with Crippen LogP contribution in [0.2, 0.25) is 0 Å². The first-order valence-corrected chi connectivity index (χ1v) is 13.2. The summed E-state index contributed by atoms with van der Waals surface area (Å²) in [5, 5.41) is 0. The monoisotopic (exact) mass is 561 g/mol. The number of amides is 3. The van der Waals surface area contributed by atoms with Gasteiger partial charge in [0.15, 0.2) is 0 Å². The van der Waals surface area contributed by atoms with Gasteiger partial charge in [-0.05, 0) is 54.3 Å². The number of pyridine rings is 1. The molecule has 204 valence electrons. The van der Waals surface area contributed by atoms with Crippen LogP contribution in [0.5, 0.6) is 5.75 Å².